The van der Waals surface area contributed by atoms with E-state index in [1.807, 2.05) is 13.8 Å². The fourth-order valence-corrected chi connectivity index (χ4v) is 3.54. The third-order valence-corrected chi connectivity index (χ3v) is 5.45. The highest BCUT2D eigenvalue weighted by Gasteiger charge is 2.29. The van der Waals surface area contributed by atoms with E-state index in [1.54, 1.807) is 56.0 Å². The number of nitrogens with one attached hydrogen (secondary N) is 1. The van der Waals surface area contributed by atoms with Crippen LogP contribution in [0.25, 0.3) is 0 Å². The van der Waals surface area contributed by atoms with E-state index >= 15 is 0 Å². The minimum atomic E-state index is -0.236. The molecule has 0 spiro atoms. The van der Waals surface area contributed by atoms with Gasteiger partial charge in [0.25, 0.3) is 5.91 Å². The number of anilines is 1. The lowest BCUT2D eigenvalue weighted by atomic mass is 10.0. The van der Waals surface area contributed by atoms with E-state index in [2.05, 4.69) is 5.32 Å². The van der Waals surface area contributed by atoms with Crippen LogP contribution in [0.5, 0.6) is 5.75 Å². The van der Waals surface area contributed by atoms with E-state index in [0.29, 0.717) is 36.5 Å². The van der Waals surface area contributed by atoms with E-state index in [1.165, 1.54) is 0 Å². The molecule has 0 saturated heterocycles. The SMILES string of the molecule is CCC(=O)Nc1ccc2c(c1)C(=O)N(C)C[C@H](OC)[C@H](C)CN(C(C)=O)[C@@H](C)CO2. The zero-order valence-electron chi connectivity index (χ0n) is 18.7. The number of amides is 3. The van der Waals surface area contributed by atoms with Crippen LogP contribution in [0.3, 0.4) is 0 Å². The number of hydrogen-bond acceptors (Lipinski definition) is 5. The highest BCUT2D eigenvalue weighted by atomic mass is 16.5. The van der Waals surface area contributed by atoms with E-state index < -0.39 is 0 Å². The molecule has 1 aliphatic heterocycles. The van der Waals surface area contributed by atoms with Crippen LogP contribution in [0.4, 0.5) is 5.69 Å². The van der Waals surface area contributed by atoms with Crippen LogP contribution >= 0.6 is 0 Å². The Hall–Kier alpha value is -2.61. The van der Waals surface area contributed by atoms with Gasteiger partial charge >= 0.3 is 0 Å². The quantitative estimate of drug-likeness (QED) is 0.813. The number of rotatable bonds is 3. The second-order valence-electron chi connectivity index (χ2n) is 7.88. The Kier molecular flexibility index (Phi) is 8.23. The monoisotopic (exact) mass is 419 g/mol. The molecule has 1 aromatic rings. The largest absolute Gasteiger partial charge is 0.491 e. The van der Waals surface area contributed by atoms with Crippen molar-refractivity contribution in [3.8, 4) is 5.75 Å². The van der Waals surface area contributed by atoms with Crippen LogP contribution in [-0.4, -0.2) is 73.5 Å². The van der Waals surface area contributed by atoms with Crippen molar-refractivity contribution in [1.29, 1.82) is 0 Å². The molecule has 0 aromatic heterocycles. The Balaban J connectivity index is 2.44. The van der Waals surface area contributed by atoms with Gasteiger partial charge in [0.1, 0.15) is 12.4 Å². The molecule has 0 bridgehead atoms. The molecule has 0 fully saturated rings. The Morgan fingerprint density at radius 1 is 1.27 bits per heavy atom. The van der Waals surface area contributed by atoms with Gasteiger partial charge in [-0.05, 0) is 25.1 Å². The number of benzene rings is 1. The third-order valence-electron chi connectivity index (χ3n) is 5.45. The summed E-state index contributed by atoms with van der Waals surface area (Å²) in [4.78, 5) is 40.6. The van der Waals surface area contributed by atoms with Crippen molar-refractivity contribution in [3.05, 3.63) is 23.8 Å². The summed E-state index contributed by atoms with van der Waals surface area (Å²) in [6.45, 7) is 8.35. The van der Waals surface area contributed by atoms with Gasteiger partial charge in [0.05, 0.1) is 17.7 Å². The van der Waals surface area contributed by atoms with Crippen LogP contribution in [0.1, 0.15) is 44.5 Å². The van der Waals surface area contributed by atoms with Crippen molar-refractivity contribution in [2.24, 2.45) is 5.92 Å². The lowest BCUT2D eigenvalue weighted by Gasteiger charge is -2.35. The van der Waals surface area contributed by atoms with Crippen LogP contribution in [-0.2, 0) is 14.3 Å². The lowest BCUT2D eigenvalue weighted by molar-refractivity contribution is -0.133. The highest BCUT2D eigenvalue weighted by molar-refractivity contribution is 5.99. The van der Waals surface area contributed by atoms with Gasteiger partial charge in [-0.25, -0.2) is 0 Å². The Morgan fingerprint density at radius 3 is 2.57 bits per heavy atom. The molecule has 8 heteroatoms. The number of ether oxygens (including phenoxy) is 2. The topological polar surface area (TPSA) is 88.2 Å². The molecule has 0 saturated carbocycles. The van der Waals surface area contributed by atoms with Crippen LogP contribution in [0.15, 0.2) is 18.2 Å². The standard InChI is InChI=1S/C22H33N3O5/c1-7-21(27)23-17-8-9-19-18(10-17)22(28)24(5)12-20(29-6)14(2)11-25(16(4)26)15(3)13-30-19/h8-10,14-15,20H,7,11-13H2,1-6H3,(H,23,27)/t14-,15+,20+/m1/s1. The summed E-state index contributed by atoms with van der Waals surface area (Å²) in [6.07, 6.45) is 0.104. The smallest absolute Gasteiger partial charge is 0.257 e. The Labute approximate surface area is 178 Å². The van der Waals surface area contributed by atoms with Gasteiger partial charge in [0.2, 0.25) is 11.8 Å². The molecule has 1 N–H and O–H groups in total. The maximum atomic E-state index is 13.2. The predicted octanol–water partition coefficient (Wildman–Crippen LogP) is 2.39. The van der Waals surface area contributed by atoms with Gasteiger partial charge in [0, 0.05) is 52.2 Å². The molecular weight excluding hydrogens is 386 g/mol. The zero-order chi connectivity index (χ0) is 22.4. The molecule has 3 amide bonds. The van der Waals surface area contributed by atoms with E-state index in [9.17, 15) is 14.4 Å². The third kappa shape index (κ3) is 5.72. The van der Waals surface area contributed by atoms with Crippen molar-refractivity contribution in [3.63, 3.8) is 0 Å². The number of hydrogen-bond donors (Lipinski definition) is 1. The van der Waals surface area contributed by atoms with Crippen LogP contribution in [0.2, 0.25) is 0 Å². The fraction of sp³-hybridized carbons (Fsp3) is 0.591. The first-order valence-corrected chi connectivity index (χ1v) is 10.3. The van der Waals surface area contributed by atoms with Crippen molar-refractivity contribution >= 4 is 23.4 Å². The Bertz CT molecular complexity index is 782. The summed E-state index contributed by atoms with van der Waals surface area (Å²) >= 11 is 0. The first kappa shape index (κ1) is 23.7. The van der Waals surface area contributed by atoms with E-state index in [-0.39, 0.29) is 42.4 Å². The second kappa shape index (κ2) is 10.4. The molecule has 0 aliphatic carbocycles. The fourth-order valence-electron chi connectivity index (χ4n) is 3.54. The number of methoxy groups -OCH3 is 1. The first-order valence-electron chi connectivity index (χ1n) is 10.3. The maximum Gasteiger partial charge on any atom is 0.257 e. The average molecular weight is 420 g/mol. The molecule has 2 rings (SSSR count). The molecule has 1 aliphatic rings. The minimum Gasteiger partial charge on any atom is -0.491 e. The lowest BCUT2D eigenvalue weighted by Crippen LogP contribution is -2.48. The first-order chi connectivity index (χ1) is 14.2. The van der Waals surface area contributed by atoms with Gasteiger partial charge in [-0.15, -0.1) is 0 Å². The molecular formula is C22H33N3O5. The summed E-state index contributed by atoms with van der Waals surface area (Å²) in [6, 6.07) is 4.84. The Morgan fingerprint density at radius 2 is 1.97 bits per heavy atom. The minimum absolute atomic E-state index is 0.0191. The molecule has 8 nitrogen and oxygen atoms in total. The van der Waals surface area contributed by atoms with Crippen molar-refractivity contribution in [2.45, 2.75) is 46.3 Å². The molecule has 1 aromatic carbocycles. The van der Waals surface area contributed by atoms with Crippen molar-refractivity contribution in [1.82, 2.24) is 9.80 Å². The van der Waals surface area contributed by atoms with Gasteiger partial charge in [-0.3, -0.25) is 14.4 Å². The molecule has 0 unspecified atom stereocenters. The normalized spacial score (nSPS) is 23.0. The summed E-state index contributed by atoms with van der Waals surface area (Å²) in [5.74, 6) is 0.0458. The zero-order valence-corrected chi connectivity index (χ0v) is 18.7. The van der Waals surface area contributed by atoms with Gasteiger partial charge < -0.3 is 24.6 Å². The van der Waals surface area contributed by atoms with Gasteiger partial charge in [-0.1, -0.05) is 13.8 Å². The number of carbonyl (C=O) groups is 3. The number of likely N-dealkylation sites (N-methyl/N-ethyl adjacent to an activating group) is 1. The van der Waals surface area contributed by atoms with Crippen LogP contribution in [0, 0.1) is 5.92 Å². The second-order valence-corrected chi connectivity index (χ2v) is 7.88. The summed E-state index contributed by atoms with van der Waals surface area (Å²) in [5, 5.41) is 2.78. The molecule has 166 valence electrons. The van der Waals surface area contributed by atoms with Crippen molar-refractivity contribution < 1.29 is 23.9 Å². The summed E-state index contributed by atoms with van der Waals surface area (Å²) < 4.78 is 11.6. The van der Waals surface area contributed by atoms with E-state index in [0.717, 1.165) is 0 Å². The van der Waals surface area contributed by atoms with Crippen molar-refractivity contribution in [2.75, 3.05) is 39.2 Å². The summed E-state index contributed by atoms with van der Waals surface area (Å²) in [7, 11) is 3.32. The van der Waals surface area contributed by atoms with Gasteiger partial charge in [-0.2, -0.15) is 0 Å². The molecule has 3 atom stereocenters. The maximum absolute atomic E-state index is 13.2. The van der Waals surface area contributed by atoms with Crippen LogP contribution < -0.4 is 10.1 Å². The highest BCUT2D eigenvalue weighted by Crippen LogP contribution is 2.26. The molecule has 1 heterocycles. The summed E-state index contributed by atoms with van der Waals surface area (Å²) in [5.41, 5.74) is 0.893. The number of carbonyl (C=O) groups excluding carboxylic acids is 3. The van der Waals surface area contributed by atoms with Gasteiger partial charge in [0.15, 0.2) is 0 Å². The average Bonchev–Trinajstić information content (AvgIpc) is 2.72. The van der Waals surface area contributed by atoms with E-state index in [4.69, 9.17) is 9.47 Å². The number of fused-ring (bicyclic) bond motifs is 1. The molecule has 30 heavy (non-hydrogen) atoms. The predicted molar refractivity (Wildman–Crippen MR) is 115 cm³/mol. The number of nitrogens with zero attached hydrogens (tertiary/aromatic N) is 2. The molecule has 0 radical (unpaired) electrons.